The topological polar surface area (TPSA) is 26.3 Å². The Hall–Kier alpha value is -2.16. The SMILES string of the molecule is CCc1ccccc1Oc1c(F)cccc1C=O. The second-order valence-corrected chi connectivity index (χ2v) is 3.84. The highest BCUT2D eigenvalue weighted by molar-refractivity contribution is 5.79. The van der Waals surface area contributed by atoms with E-state index in [1.807, 2.05) is 25.1 Å². The van der Waals surface area contributed by atoms with Crippen molar-refractivity contribution in [1.82, 2.24) is 0 Å². The molecule has 2 aromatic rings. The zero-order chi connectivity index (χ0) is 13.0. The monoisotopic (exact) mass is 244 g/mol. The van der Waals surface area contributed by atoms with Crippen LogP contribution in [0, 0.1) is 5.82 Å². The molecule has 0 N–H and O–H groups in total. The van der Waals surface area contributed by atoms with Gasteiger partial charge in [-0.1, -0.05) is 31.2 Å². The van der Waals surface area contributed by atoms with E-state index in [0.29, 0.717) is 12.0 Å². The Bertz CT molecular complexity index is 564. The Labute approximate surface area is 105 Å². The molecule has 0 aliphatic carbocycles. The van der Waals surface area contributed by atoms with Gasteiger partial charge in [0.2, 0.25) is 0 Å². The summed E-state index contributed by atoms with van der Waals surface area (Å²) in [6, 6.07) is 11.7. The second kappa shape index (κ2) is 5.45. The Morgan fingerprint density at radius 2 is 1.94 bits per heavy atom. The Balaban J connectivity index is 2.42. The predicted molar refractivity (Wildman–Crippen MR) is 67.7 cm³/mol. The maximum Gasteiger partial charge on any atom is 0.173 e. The van der Waals surface area contributed by atoms with E-state index in [9.17, 15) is 9.18 Å². The molecule has 92 valence electrons. The molecular formula is C15H13FO2. The Morgan fingerprint density at radius 3 is 2.67 bits per heavy atom. The fraction of sp³-hybridized carbons (Fsp3) is 0.133. The van der Waals surface area contributed by atoms with Crippen LogP contribution in [0.5, 0.6) is 11.5 Å². The quantitative estimate of drug-likeness (QED) is 0.760. The van der Waals surface area contributed by atoms with Crippen LogP contribution < -0.4 is 4.74 Å². The number of ether oxygens (including phenoxy) is 1. The summed E-state index contributed by atoms with van der Waals surface area (Å²) in [7, 11) is 0. The van der Waals surface area contributed by atoms with Crippen molar-refractivity contribution >= 4 is 6.29 Å². The first-order valence-electron chi connectivity index (χ1n) is 5.75. The van der Waals surface area contributed by atoms with Crippen molar-refractivity contribution in [3.8, 4) is 11.5 Å². The van der Waals surface area contributed by atoms with Crippen molar-refractivity contribution in [1.29, 1.82) is 0 Å². The van der Waals surface area contributed by atoms with Gasteiger partial charge in [-0.25, -0.2) is 4.39 Å². The molecule has 18 heavy (non-hydrogen) atoms. The number of carbonyl (C=O) groups is 1. The number of hydrogen-bond acceptors (Lipinski definition) is 2. The van der Waals surface area contributed by atoms with E-state index in [1.54, 1.807) is 6.07 Å². The lowest BCUT2D eigenvalue weighted by molar-refractivity contribution is 0.112. The normalized spacial score (nSPS) is 10.1. The first-order chi connectivity index (χ1) is 8.76. The molecule has 0 bridgehead atoms. The summed E-state index contributed by atoms with van der Waals surface area (Å²) < 4.78 is 19.2. The summed E-state index contributed by atoms with van der Waals surface area (Å²) in [5, 5.41) is 0. The molecule has 0 amide bonds. The van der Waals surface area contributed by atoms with Gasteiger partial charge in [-0.3, -0.25) is 4.79 Å². The second-order valence-electron chi connectivity index (χ2n) is 3.84. The molecular weight excluding hydrogens is 231 g/mol. The van der Waals surface area contributed by atoms with E-state index in [2.05, 4.69) is 0 Å². The van der Waals surface area contributed by atoms with Crippen LogP contribution >= 0.6 is 0 Å². The number of carbonyl (C=O) groups excluding carboxylic acids is 1. The van der Waals surface area contributed by atoms with E-state index in [4.69, 9.17) is 4.74 Å². The molecule has 0 atom stereocenters. The highest BCUT2D eigenvalue weighted by Crippen LogP contribution is 2.29. The van der Waals surface area contributed by atoms with Gasteiger partial charge in [-0.05, 0) is 30.2 Å². The zero-order valence-corrected chi connectivity index (χ0v) is 10.0. The molecule has 0 radical (unpaired) electrons. The molecule has 2 rings (SSSR count). The Morgan fingerprint density at radius 1 is 1.17 bits per heavy atom. The van der Waals surface area contributed by atoms with Crippen LogP contribution in [-0.2, 0) is 6.42 Å². The number of rotatable bonds is 4. The highest BCUT2D eigenvalue weighted by Gasteiger charge is 2.11. The van der Waals surface area contributed by atoms with Gasteiger partial charge in [-0.15, -0.1) is 0 Å². The third-order valence-electron chi connectivity index (χ3n) is 2.69. The van der Waals surface area contributed by atoms with Crippen molar-refractivity contribution in [3.05, 3.63) is 59.4 Å². The standard InChI is InChI=1S/C15H13FO2/c1-2-11-6-3-4-9-14(11)18-15-12(10-17)7-5-8-13(15)16/h3-10H,2H2,1H3. The minimum Gasteiger partial charge on any atom is -0.453 e. The number of aryl methyl sites for hydroxylation is 1. The third kappa shape index (κ3) is 2.40. The predicted octanol–water partition coefficient (Wildman–Crippen LogP) is 3.99. The van der Waals surface area contributed by atoms with E-state index in [-0.39, 0.29) is 11.3 Å². The molecule has 0 unspecified atom stereocenters. The van der Waals surface area contributed by atoms with E-state index in [1.165, 1.54) is 18.2 Å². The fourth-order valence-corrected chi connectivity index (χ4v) is 1.73. The lowest BCUT2D eigenvalue weighted by Gasteiger charge is -2.11. The average molecular weight is 244 g/mol. The summed E-state index contributed by atoms with van der Waals surface area (Å²) in [6.45, 7) is 1.99. The zero-order valence-electron chi connectivity index (χ0n) is 10.0. The molecule has 0 aliphatic rings. The highest BCUT2D eigenvalue weighted by atomic mass is 19.1. The smallest absolute Gasteiger partial charge is 0.173 e. The van der Waals surface area contributed by atoms with Crippen molar-refractivity contribution in [2.24, 2.45) is 0 Å². The van der Waals surface area contributed by atoms with E-state index in [0.717, 1.165) is 12.0 Å². The number of halogens is 1. The molecule has 0 saturated carbocycles. The fourth-order valence-electron chi connectivity index (χ4n) is 1.73. The molecule has 0 spiro atoms. The van der Waals surface area contributed by atoms with Crippen LogP contribution in [0.3, 0.4) is 0 Å². The van der Waals surface area contributed by atoms with Crippen molar-refractivity contribution in [2.45, 2.75) is 13.3 Å². The van der Waals surface area contributed by atoms with Gasteiger partial charge < -0.3 is 4.74 Å². The summed E-state index contributed by atoms with van der Waals surface area (Å²) in [4.78, 5) is 10.9. The molecule has 0 heterocycles. The lowest BCUT2D eigenvalue weighted by Crippen LogP contribution is -1.96. The number of aldehydes is 1. The molecule has 0 aromatic heterocycles. The third-order valence-corrected chi connectivity index (χ3v) is 2.69. The van der Waals surface area contributed by atoms with Gasteiger partial charge in [0.05, 0.1) is 5.56 Å². The first-order valence-corrected chi connectivity index (χ1v) is 5.75. The summed E-state index contributed by atoms with van der Waals surface area (Å²) in [5.74, 6) is 0.0205. The minimum absolute atomic E-state index is 0.0200. The molecule has 0 fully saturated rings. The lowest BCUT2D eigenvalue weighted by atomic mass is 10.1. The van der Waals surface area contributed by atoms with Crippen LogP contribution in [0.4, 0.5) is 4.39 Å². The number of para-hydroxylation sites is 2. The maximum absolute atomic E-state index is 13.7. The van der Waals surface area contributed by atoms with E-state index >= 15 is 0 Å². The van der Waals surface area contributed by atoms with Crippen LogP contribution in [0.1, 0.15) is 22.8 Å². The van der Waals surface area contributed by atoms with E-state index < -0.39 is 5.82 Å². The van der Waals surface area contributed by atoms with Gasteiger partial charge in [0.15, 0.2) is 17.9 Å². The van der Waals surface area contributed by atoms with Gasteiger partial charge in [0.25, 0.3) is 0 Å². The van der Waals surface area contributed by atoms with Crippen LogP contribution in [-0.4, -0.2) is 6.29 Å². The average Bonchev–Trinajstić information content (AvgIpc) is 2.41. The van der Waals surface area contributed by atoms with Gasteiger partial charge in [-0.2, -0.15) is 0 Å². The maximum atomic E-state index is 13.7. The molecule has 0 aliphatic heterocycles. The van der Waals surface area contributed by atoms with Crippen molar-refractivity contribution in [2.75, 3.05) is 0 Å². The largest absolute Gasteiger partial charge is 0.453 e. The van der Waals surface area contributed by atoms with Gasteiger partial charge in [0.1, 0.15) is 5.75 Å². The van der Waals surface area contributed by atoms with Gasteiger partial charge >= 0.3 is 0 Å². The number of hydrogen-bond donors (Lipinski definition) is 0. The van der Waals surface area contributed by atoms with Gasteiger partial charge in [0, 0.05) is 0 Å². The summed E-state index contributed by atoms with van der Waals surface area (Å²) in [6.07, 6.45) is 1.37. The number of benzene rings is 2. The molecule has 0 saturated heterocycles. The van der Waals surface area contributed by atoms with Crippen LogP contribution in [0.25, 0.3) is 0 Å². The first kappa shape index (κ1) is 12.3. The van der Waals surface area contributed by atoms with Crippen molar-refractivity contribution in [3.63, 3.8) is 0 Å². The summed E-state index contributed by atoms with van der Waals surface area (Å²) in [5.41, 5.74) is 1.18. The van der Waals surface area contributed by atoms with Crippen LogP contribution in [0.15, 0.2) is 42.5 Å². The molecule has 3 heteroatoms. The molecule has 2 aromatic carbocycles. The van der Waals surface area contributed by atoms with Crippen LogP contribution in [0.2, 0.25) is 0 Å². The minimum atomic E-state index is -0.537. The molecule has 2 nitrogen and oxygen atoms in total. The Kier molecular flexibility index (Phi) is 3.72. The summed E-state index contributed by atoms with van der Waals surface area (Å²) >= 11 is 0. The van der Waals surface area contributed by atoms with Crippen molar-refractivity contribution < 1.29 is 13.9 Å².